The molecule has 1 aromatic carbocycles. The van der Waals surface area contributed by atoms with E-state index in [4.69, 9.17) is 16.3 Å². The molecular formula is C17H29ClN4O. The number of hydrogen-bond acceptors (Lipinski definition) is 3. The van der Waals surface area contributed by atoms with Crippen molar-refractivity contribution in [2.75, 3.05) is 46.9 Å². The summed E-state index contributed by atoms with van der Waals surface area (Å²) < 4.78 is 5.08. The number of guanidine groups is 1. The van der Waals surface area contributed by atoms with Gasteiger partial charge in [0.15, 0.2) is 5.96 Å². The number of nitrogens with one attached hydrogen (secondary N) is 2. The molecule has 6 heteroatoms. The highest BCUT2D eigenvalue weighted by atomic mass is 35.5. The molecule has 0 atom stereocenters. The molecule has 2 N–H and O–H groups in total. The van der Waals surface area contributed by atoms with Crippen LogP contribution in [0, 0.1) is 0 Å². The third kappa shape index (κ3) is 8.79. The maximum Gasteiger partial charge on any atom is 0.191 e. The van der Waals surface area contributed by atoms with Crippen molar-refractivity contribution >= 4 is 17.6 Å². The van der Waals surface area contributed by atoms with Crippen LogP contribution in [0.4, 0.5) is 0 Å². The van der Waals surface area contributed by atoms with Crippen LogP contribution in [0.1, 0.15) is 18.9 Å². The first-order chi connectivity index (χ1) is 11.2. The molecular weight excluding hydrogens is 312 g/mol. The first-order valence-corrected chi connectivity index (χ1v) is 8.48. The normalized spacial score (nSPS) is 11.8. The first kappa shape index (κ1) is 19.7. The molecule has 0 unspecified atom stereocenters. The van der Waals surface area contributed by atoms with Gasteiger partial charge in [0.25, 0.3) is 0 Å². The molecule has 0 spiro atoms. The molecule has 0 aliphatic carbocycles. The van der Waals surface area contributed by atoms with Crippen LogP contribution in [0.15, 0.2) is 29.3 Å². The van der Waals surface area contributed by atoms with E-state index in [1.165, 1.54) is 0 Å². The van der Waals surface area contributed by atoms with Crippen LogP contribution in [0.2, 0.25) is 5.02 Å². The second-order valence-electron chi connectivity index (χ2n) is 5.36. The lowest BCUT2D eigenvalue weighted by molar-refractivity contribution is 0.161. The van der Waals surface area contributed by atoms with Crippen LogP contribution < -0.4 is 10.6 Å². The molecule has 0 saturated heterocycles. The lowest BCUT2D eigenvalue weighted by atomic mass is 10.2. The van der Waals surface area contributed by atoms with Crippen molar-refractivity contribution in [1.29, 1.82) is 0 Å². The van der Waals surface area contributed by atoms with Crippen molar-refractivity contribution in [3.8, 4) is 0 Å². The van der Waals surface area contributed by atoms with Gasteiger partial charge < -0.3 is 20.3 Å². The summed E-state index contributed by atoms with van der Waals surface area (Å²) in [5, 5.41) is 7.37. The lowest BCUT2D eigenvalue weighted by Gasteiger charge is -2.17. The van der Waals surface area contributed by atoms with Gasteiger partial charge in [-0.05, 0) is 38.6 Å². The van der Waals surface area contributed by atoms with Gasteiger partial charge in [0.05, 0.1) is 13.2 Å². The Labute approximate surface area is 145 Å². The Morgan fingerprint density at radius 3 is 2.74 bits per heavy atom. The Balaban J connectivity index is 2.37. The first-order valence-electron chi connectivity index (χ1n) is 8.10. The summed E-state index contributed by atoms with van der Waals surface area (Å²) in [6.07, 6.45) is 1.05. The SMILES string of the molecule is CCNC(=NCc1ccccc1Cl)NCCCN(C)CCOC. The fourth-order valence-corrected chi connectivity index (χ4v) is 2.24. The zero-order valence-electron chi connectivity index (χ0n) is 14.4. The van der Waals surface area contributed by atoms with Crippen molar-refractivity contribution in [1.82, 2.24) is 15.5 Å². The van der Waals surface area contributed by atoms with E-state index in [1.54, 1.807) is 7.11 Å². The molecule has 0 amide bonds. The third-order valence-corrected chi connectivity index (χ3v) is 3.76. The van der Waals surface area contributed by atoms with Gasteiger partial charge in [-0.25, -0.2) is 4.99 Å². The van der Waals surface area contributed by atoms with E-state index in [0.29, 0.717) is 6.54 Å². The Morgan fingerprint density at radius 2 is 2.04 bits per heavy atom. The summed E-state index contributed by atoms with van der Waals surface area (Å²) >= 11 is 6.16. The largest absolute Gasteiger partial charge is 0.383 e. The standard InChI is InChI=1S/C17H29ClN4O/c1-4-19-17(20-10-7-11-22(2)12-13-23-3)21-14-15-8-5-6-9-16(15)18/h5-6,8-9H,4,7,10-14H2,1-3H3,(H2,19,20,21). The molecule has 0 aliphatic rings. The summed E-state index contributed by atoms with van der Waals surface area (Å²) in [5.41, 5.74) is 1.03. The number of rotatable bonds is 10. The summed E-state index contributed by atoms with van der Waals surface area (Å²) in [7, 11) is 3.84. The highest BCUT2D eigenvalue weighted by Gasteiger charge is 2.01. The number of benzene rings is 1. The van der Waals surface area contributed by atoms with E-state index in [0.717, 1.165) is 55.8 Å². The van der Waals surface area contributed by atoms with E-state index in [2.05, 4.69) is 34.5 Å². The van der Waals surface area contributed by atoms with Crippen molar-refractivity contribution in [3.05, 3.63) is 34.9 Å². The Kier molecular flexibility index (Phi) is 10.4. The quantitative estimate of drug-likeness (QED) is 0.390. The number of nitrogens with zero attached hydrogens (tertiary/aromatic N) is 2. The van der Waals surface area contributed by atoms with E-state index in [9.17, 15) is 0 Å². The maximum atomic E-state index is 6.16. The predicted octanol–water partition coefficient (Wildman–Crippen LogP) is 2.36. The summed E-state index contributed by atoms with van der Waals surface area (Å²) in [4.78, 5) is 6.85. The van der Waals surface area contributed by atoms with Gasteiger partial charge in [0.1, 0.15) is 0 Å². The van der Waals surface area contributed by atoms with Gasteiger partial charge in [-0.2, -0.15) is 0 Å². The molecule has 0 saturated carbocycles. The number of methoxy groups -OCH3 is 1. The van der Waals surface area contributed by atoms with Gasteiger partial charge >= 0.3 is 0 Å². The molecule has 130 valence electrons. The summed E-state index contributed by atoms with van der Waals surface area (Å²) in [6, 6.07) is 7.80. The monoisotopic (exact) mass is 340 g/mol. The van der Waals surface area contributed by atoms with E-state index >= 15 is 0 Å². The average Bonchev–Trinajstić information content (AvgIpc) is 2.55. The zero-order chi connectivity index (χ0) is 16.9. The number of aliphatic imine (C=N–C) groups is 1. The molecule has 0 radical (unpaired) electrons. The molecule has 23 heavy (non-hydrogen) atoms. The van der Waals surface area contributed by atoms with Crippen LogP contribution in [0.25, 0.3) is 0 Å². The number of hydrogen-bond donors (Lipinski definition) is 2. The molecule has 0 fully saturated rings. The Morgan fingerprint density at radius 1 is 1.26 bits per heavy atom. The molecule has 0 bridgehead atoms. The van der Waals surface area contributed by atoms with Crippen LogP contribution in [0.5, 0.6) is 0 Å². The minimum Gasteiger partial charge on any atom is -0.383 e. The van der Waals surface area contributed by atoms with Crippen molar-refractivity contribution < 1.29 is 4.74 Å². The van der Waals surface area contributed by atoms with Crippen molar-refractivity contribution in [3.63, 3.8) is 0 Å². The number of ether oxygens (including phenoxy) is 1. The minimum atomic E-state index is 0.572. The summed E-state index contributed by atoms with van der Waals surface area (Å²) in [5.74, 6) is 0.826. The third-order valence-electron chi connectivity index (χ3n) is 3.40. The second kappa shape index (κ2) is 12.2. The number of likely N-dealkylation sites (N-methyl/N-ethyl adjacent to an activating group) is 1. The van der Waals surface area contributed by atoms with Gasteiger partial charge in [0.2, 0.25) is 0 Å². The highest BCUT2D eigenvalue weighted by Crippen LogP contribution is 2.15. The van der Waals surface area contributed by atoms with Gasteiger partial charge in [-0.3, -0.25) is 0 Å². The zero-order valence-corrected chi connectivity index (χ0v) is 15.2. The van der Waals surface area contributed by atoms with Crippen LogP contribution in [-0.4, -0.2) is 57.8 Å². The number of halogens is 1. The Bertz CT molecular complexity index is 468. The average molecular weight is 341 g/mol. The highest BCUT2D eigenvalue weighted by molar-refractivity contribution is 6.31. The molecule has 1 rings (SSSR count). The lowest BCUT2D eigenvalue weighted by Crippen LogP contribution is -2.38. The second-order valence-corrected chi connectivity index (χ2v) is 5.77. The molecule has 1 aromatic rings. The summed E-state index contributed by atoms with van der Waals surface area (Å²) in [6.45, 7) is 7.10. The molecule has 0 aromatic heterocycles. The van der Waals surface area contributed by atoms with Crippen LogP contribution in [0.3, 0.4) is 0 Å². The van der Waals surface area contributed by atoms with E-state index in [1.807, 2.05) is 24.3 Å². The Hall–Kier alpha value is -1.30. The molecule has 0 heterocycles. The molecule has 0 aliphatic heterocycles. The fourth-order valence-electron chi connectivity index (χ4n) is 2.05. The smallest absolute Gasteiger partial charge is 0.191 e. The predicted molar refractivity (Wildman–Crippen MR) is 98.3 cm³/mol. The maximum absolute atomic E-state index is 6.16. The van der Waals surface area contributed by atoms with Crippen LogP contribution in [-0.2, 0) is 11.3 Å². The minimum absolute atomic E-state index is 0.572. The van der Waals surface area contributed by atoms with Gasteiger partial charge in [-0.1, -0.05) is 29.8 Å². The van der Waals surface area contributed by atoms with Crippen molar-refractivity contribution in [2.45, 2.75) is 19.9 Å². The van der Waals surface area contributed by atoms with Gasteiger partial charge in [0, 0.05) is 31.8 Å². The van der Waals surface area contributed by atoms with Crippen LogP contribution >= 0.6 is 11.6 Å². The molecule has 5 nitrogen and oxygen atoms in total. The van der Waals surface area contributed by atoms with Crippen molar-refractivity contribution in [2.24, 2.45) is 4.99 Å². The van der Waals surface area contributed by atoms with E-state index < -0.39 is 0 Å². The van der Waals surface area contributed by atoms with E-state index in [-0.39, 0.29) is 0 Å². The topological polar surface area (TPSA) is 48.9 Å². The fraction of sp³-hybridized carbons (Fsp3) is 0.588. The van der Waals surface area contributed by atoms with Gasteiger partial charge in [-0.15, -0.1) is 0 Å².